The first-order valence-corrected chi connectivity index (χ1v) is 12.3. The van der Waals surface area contributed by atoms with Crippen LogP contribution in [0.2, 0.25) is 5.02 Å². The van der Waals surface area contributed by atoms with Gasteiger partial charge in [0.2, 0.25) is 5.91 Å². The van der Waals surface area contributed by atoms with Crippen LogP contribution < -0.4 is 5.32 Å². The Morgan fingerprint density at radius 2 is 1.97 bits per heavy atom. The van der Waals surface area contributed by atoms with E-state index in [1.54, 1.807) is 0 Å². The van der Waals surface area contributed by atoms with Gasteiger partial charge in [-0.05, 0) is 36.2 Å². The number of carbonyl (C=O) groups excluding carboxylic acids is 1. The molecule has 3 rings (SSSR count). The van der Waals surface area contributed by atoms with Gasteiger partial charge in [-0.25, -0.2) is 13.4 Å². The van der Waals surface area contributed by atoms with E-state index in [2.05, 4.69) is 28.7 Å². The molecule has 0 aliphatic carbocycles. The number of aromatic nitrogens is 2. The lowest BCUT2D eigenvalue weighted by molar-refractivity contribution is -0.113. The van der Waals surface area contributed by atoms with E-state index in [0.29, 0.717) is 5.92 Å². The third-order valence-corrected chi connectivity index (χ3v) is 6.56. The molecule has 1 amide bonds. The van der Waals surface area contributed by atoms with Crippen LogP contribution in [0.15, 0.2) is 52.5 Å². The largest absolute Gasteiger partial charge is 0.324 e. The highest BCUT2D eigenvalue weighted by Crippen LogP contribution is 2.27. The van der Waals surface area contributed by atoms with Crippen molar-refractivity contribution in [3.8, 4) is 0 Å². The number of benzene rings is 2. The molecular formula is C20H22ClN3O3S2. The van der Waals surface area contributed by atoms with Crippen LogP contribution in [-0.2, 0) is 21.2 Å². The first-order chi connectivity index (χ1) is 13.6. The van der Waals surface area contributed by atoms with Gasteiger partial charge in [0, 0.05) is 12.8 Å². The van der Waals surface area contributed by atoms with Gasteiger partial charge in [-0.1, -0.05) is 49.3 Å². The van der Waals surface area contributed by atoms with Crippen LogP contribution in [-0.4, -0.2) is 35.9 Å². The summed E-state index contributed by atoms with van der Waals surface area (Å²) in [5.41, 5.74) is 2.20. The van der Waals surface area contributed by atoms with Gasteiger partial charge in [0.1, 0.15) is 0 Å². The average molecular weight is 452 g/mol. The van der Waals surface area contributed by atoms with E-state index in [-0.39, 0.29) is 27.3 Å². The van der Waals surface area contributed by atoms with Crippen LogP contribution in [0.1, 0.15) is 13.8 Å². The predicted octanol–water partition coefficient (Wildman–Crippen LogP) is 4.48. The van der Waals surface area contributed by atoms with E-state index in [9.17, 15) is 13.2 Å². The number of halogens is 1. The summed E-state index contributed by atoms with van der Waals surface area (Å²) in [5.74, 6) is 0.268. The van der Waals surface area contributed by atoms with Crippen molar-refractivity contribution in [2.24, 2.45) is 5.92 Å². The lowest BCUT2D eigenvalue weighted by Crippen LogP contribution is -2.15. The summed E-state index contributed by atoms with van der Waals surface area (Å²) in [6, 6.07) is 12.1. The van der Waals surface area contributed by atoms with Crippen LogP contribution >= 0.6 is 23.4 Å². The highest BCUT2D eigenvalue weighted by atomic mass is 35.5. The molecule has 1 aromatic heterocycles. The Morgan fingerprint density at radius 1 is 1.24 bits per heavy atom. The Kier molecular flexibility index (Phi) is 6.55. The van der Waals surface area contributed by atoms with E-state index < -0.39 is 9.84 Å². The molecule has 0 unspecified atom stereocenters. The second-order valence-corrected chi connectivity index (χ2v) is 10.5. The fourth-order valence-corrected chi connectivity index (χ4v) is 4.49. The van der Waals surface area contributed by atoms with Gasteiger partial charge in [0.15, 0.2) is 15.0 Å². The summed E-state index contributed by atoms with van der Waals surface area (Å²) in [6.45, 7) is 5.06. The zero-order valence-electron chi connectivity index (χ0n) is 16.3. The molecule has 6 nitrogen and oxygen atoms in total. The molecule has 0 aliphatic rings. The molecule has 0 atom stereocenters. The number of imidazole rings is 1. The van der Waals surface area contributed by atoms with Crippen molar-refractivity contribution in [2.75, 3.05) is 17.3 Å². The Balaban J connectivity index is 1.76. The van der Waals surface area contributed by atoms with Gasteiger partial charge in [0.05, 0.1) is 32.4 Å². The summed E-state index contributed by atoms with van der Waals surface area (Å²) in [6.07, 6.45) is 1.11. The van der Waals surface area contributed by atoms with Crippen LogP contribution in [0.3, 0.4) is 0 Å². The van der Waals surface area contributed by atoms with Crippen LogP contribution in [0.5, 0.6) is 0 Å². The van der Waals surface area contributed by atoms with Crippen molar-refractivity contribution in [1.82, 2.24) is 9.55 Å². The molecule has 154 valence electrons. The summed E-state index contributed by atoms with van der Waals surface area (Å²) < 4.78 is 25.6. The topological polar surface area (TPSA) is 81.1 Å². The fraction of sp³-hybridized carbons (Fsp3) is 0.300. The zero-order chi connectivity index (χ0) is 21.2. The fourth-order valence-electron chi connectivity index (χ4n) is 2.85. The lowest BCUT2D eigenvalue weighted by atomic mass is 10.2. The number of hydrogen-bond acceptors (Lipinski definition) is 5. The minimum Gasteiger partial charge on any atom is -0.324 e. The van der Waals surface area contributed by atoms with Crippen molar-refractivity contribution < 1.29 is 13.2 Å². The molecule has 29 heavy (non-hydrogen) atoms. The Morgan fingerprint density at radius 3 is 2.66 bits per heavy atom. The maximum absolute atomic E-state index is 12.5. The highest BCUT2D eigenvalue weighted by Gasteiger charge is 2.16. The summed E-state index contributed by atoms with van der Waals surface area (Å²) in [5, 5.41) is 3.74. The number of anilines is 1. The third-order valence-electron chi connectivity index (χ3n) is 4.14. The van der Waals surface area contributed by atoms with Crippen LogP contribution in [0.25, 0.3) is 11.0 Å². The van der Waals surface area contributed by atoms with Gasteiger partial charge in [-0.3, -0.25) is 4.79 Å². The number of nitrogens with zero attached hydrogens (tertiary/aromatic N) is 2. The molecule has 0 spiro atoms. The van der Waals surface area contributed by atoms with Crippen molar-refractivity contribution >= 4 is 55.8 Å². The molecule has 0 bridgehead atoms. The number of rotatable bonds is 7. The number of hydrogen-bond donors (Lipinski definition) is 1. The molecule has 9 heteroatoms. The SMILES string of the molecule is CC(C)Cn1c(SCC(=O)Nc2cc(S(C)(=O)=O)ccc2Cl)nc2ccccc21. The van der Waals surface area contributed by atoms with Gasteiger partial charge in [0.25, 0.3) is 0 Å². The molecule has 3 aromatic rings. The Bertz CT molecular complexity index is 1160. The van der Waals surface area contributed by atoms with Gasteiger partial charge < -0.3 is 9.88 Å². The van der Waals surface area contributed by atoms with Crippen molar-refractivity contribution in [2.45, 2.75) is 30.4 Å². The van der Waals surface area contributed by atoms with Gasteiger partial charge in [-0.15, -0.1) is 0 Å². The second-order valence-electron chi connectivity index (χ2n) is 7.14. The molecule has 0 saturated carbocycles. The number of para-hydroxylation sites is 2. The monoisotopic (exact) mass is 451 g/mol. The maximum atomic E-state index is 12.5. The molecule has 0 fully saturated rings. The van der Waals surface area contributed by atoms with E-state index in [1.807, 2.05) is 24.3 Å². The first-order valence-electron chi connectivity index (χ1n) is 9.02. The predicted molar refractivity (Wildman–Crippen MR) is 118 cm³/mol. The molecule has 1 N–H and O–H groups in total. The molecular weight excluding hydrogens is 430 g/mol. The van der Waals surface area contributed by atoms with E-state index >= 15 is 0 Å². The van der Waals surface area contributed by atoms with Gasteiger partial charge in [-0.2, -0.15) is 0 Å². The van der Waals surface area contributed by atoms with E-state index in [4.69, 9.17) is 11.6 Å². The number of thioether (sulfide) groups is 1. The van der Waals surface area contributed by atoms with Crippen LogP contribution in [0.4, 0.5) is 5.69 Å². The molecule has 1 heterocycles. The van der Waals surface area contributed by atoms with E-state index in [0.717, 1.165) is 29.0 Å². The lowest BCUT2D eigenvalue weighted by Gasteiger charge is -2.12. The van der Waals surface area contributed by atoms with Crippen LogP contribution in [0, 0.1) is 5.92 Å². The molecule has 2 aromatic carbocycles. The first kappa shape index (κ1) is 21.7. The van der Waals surface area contributed by atoms with Crippen molar-refractivity contribution in [1.29, 1.82) is 0 Å². The number of amides is 1. The zero-order valence-corrected chi connectivity index (χ0v) is 18.7. The van der Waals surface area contributed by atoms with Crippen molar-refractivity contribution in [3.05, 3.63) is 47.5 Å². The van der Waals surface area contributed by atoms with Crippen molar-refractivity contribution in [3.63, 3.8) is 0 Å². The normalized spacial score (nSPS) is 11.9. The third kappa shape index (κ3) is 5.32. The molecule has 0 aliphatic heterocycles. The quantitative estimate of drug-likeness (QED) is 0.535. The number of nitrogens with one attached hydrogen (secondary N) is 1. The smallest absolute Gasteiger partial charge is 0.234 e. The van der Waals surface area contributed by atoms with E-state index in [1.165, 1.54) is 30.0 Å². The second kappa shape index (κ2) is 8.77. The highest BCUT2D eigenvalue weighted by molar-refractivity contribution is 7.99. The number of fused-ring (bicyclic) bond motifs is 1. The maximum Gasteiger partial charge on any atom is 0.234 e. The minimum absolute atomic E-state index is 0.101. The minimum atomic E-state index is -3.39. The standard InChI is InChI=1S/C20H22ClN3O3S2/c1-13(2)11-24-18-7-5-4-6-16(18)23-20(24)28-12-19(25)22-17-10-14(29(3,26)27)8-9-15(17)21/h4-10,13H,11-12H2,1-3H3,(H,22,25). The molecule has 0 radical (unpaired) electrons. The number of sulfone groups is 1. The Hall–Kier alpha value is -2.03. The number of carbonyl (C=O) groups is 1. The Labute approximate surface area is 179 Å². The average Bonchev–Trinajstić information content (AvgIpc) is 2.98. The molecule has 0 saturated heterocycles. The van der Waals surface area contributed by atoms with Gasteiger partial charge >= 0.3 is 0 Å². The summed E-state index contributed by atoms with van der Waals surface area (Å²) in [7, 11) is -3.39. The summed E-state index contributed by atoms with van der Waals surface area (Å²) >= 11 is 7.45. The summed E-state index contributed by atoms with van der Waals surface area (Å²) in [4.78, 5) is 17.2.